The molecule has 0 aliphatic carbocycles. The van der Waals surface area contributed by atoms with Crippen LogP contribution in [0.25, 0.3) is 0 Å². The van der Waals surface area contributed by atoms with Crippen molar-refractivity contribution in [3.8, 4) is 36.1 Å². The minimum absolute atomic E-state index is 0. The van der Waals surface area contributed by atoms with Gasteiger partial charge in [0.25, 0.3) is 0 Å². The van der Waals surface area contributed by atoms with Gasteiger partial charge in [0.15, 0.2) is 0 Å². The second-order valence-electron chi connectivity index (χ2n) is 2.37. The van der Waals surface area contributed by atoms with E-state index in [1.165, 1.54) is 0 Å². The molecule has 15 heteroatoms. The van der Waals surface area contributed by atoms with Gasteiger partial charge in [0.05, 0.1) is 36.1 Å². The van der Waals surface area contributed by atoms with Crippen molar-refractivity contribution < 1.29 is 30.6 Å². The van der Waals surface area contributed by atoms with Crippen molar-refractivity contribution in [1.29, 1.82) is 0 Å². The largest absolute Gasteiger partial charge is 2.00 e. The molecule has 2 aromatic heterocycles. The summed E-state index contributed by atoms with van der Waals surface area (Å²) < 4.78 is 0. The van der Waals surface area contributed by atoms with E-state index in [-0.39, 0.29) is 147 Å². The summed E-state index contributed by atoms with van der Waals surface area (Å²) in [6.07, 6.45) is 0. The Bertz CT molecular complexity index is 412. The van der Waals surface area contributed by atoms with Crippen LogP contribution in [-0.4, -0.2) is 177 Å². The molecule has 0 bridgehead atoms. The Labute approximate surface area is 237 Å². The van der Waals surface area contributed by atoms with Crippen LogP contribution < -0.4 is 30.6 Å². The number of aromatic nitrogens is 6. The first kappa shape index (κ1) is 27.4. The Morgan fingerprint density at radius 1 is 0.333 bits per heavy atom. The summed E-state index contributed by atoms with van der Waals surface area (Å²) in [4.78, 5) is 16.2. The molecule has 21 heavy (non-hydrogen) atoms. The van der Waals surface area contributed by atoms with Crippen LogP contribution in [0.4, 0.5) is 0 Å². The van der Waals surface area contributed by atoms with Gasteiger partial charge in [0.2, 0.25) is 0 Å². The van der Waals surface area contributed by atoms with Crippen molar-refractivity contribution in [2.75, 3.05) is 0 Å². The van der Waals surface area contributed by atoms with E-state index in [2.05, 4.69) is 29.9 Å². The average Bonchev–Trinajstić information content (AvgIpc) is 2.12. The maximum Gasteiger partial charge on any atom is 2.00 e. The van der Waals surface area contributed by atoms with Crippen molar-refractivity contribution in [3.05, 3.63) is 0 Å². The van der Waals surface area contributed by atoms with Crippen LogP contribution in [0.15, 0.2) is 0 Å². The molecule has 0 aliphatic rings. The predicted octanol–water partition coefficient (Wildman–Crippen LogP) is -6.96. The first-order chi connectivity index (χ1) is 8.36. The Morgan fingerprint density at radius 3 is 0.524 bits per heavy atom. The molecule has 0 N–H and O–H groups in total. The van der Waals surface area contributed by atoms with Gasteiger partial charge in [-0.1, -0.05) is 0 Å². The topological polar surface area (TPSA) is 216 Å². The molecule has 12 nitrogen and oxygen atoms in total. The van der Waals surface area contributed by atoms with E-state index in [1.807, 2.05) is 0 Å². The van der Waals surface area contributed by atoms with E-state index in [0.29, 0.717) is 0 Å². The van der Waals surface area contributed by atoms with Gasteiger partial charge in [-0.05, 0) is 0 Å². The molecule has 2 rings (SSSR count). The predicted molar refractivity (Wildman–Crippen MR) is 53.6 cm³/mol. The van der Waals surface area contributed by atoms with Crippen LogP contribution in [0.3, 0.4) is 0 Å². The first-order valence-corrected chi connectivity index (χ1v) is 3.91. The van der Waals surface area contributed by atoms with Crippen LogP contribution in [0.1, 0.15) is 0 Å². The second kappa shape index (κ2) is 13.9. The van der Waals surface area contributed by atoms with Gasteiger partial charge in [0.1, 0.15) is 0 Å². The van der Waals surface area contributed by atoms with Crippen molar-refractivity contribution in [1.82, 2.24) is 29.9 Å². The molecule has 0 atom stereocenters. The van der Waals surface area contributed by atoms with Crippen molar-refractivity contribution in [2.24, 2.45) is 0 Å². The van der Waals surface area contributed by atoms with E-state index < -0.39 is 36.1 Å². The summed E-state index contributed by atoms with van der Waals surface area (Å²) in [5.74, 6) is 0. The summed E-state index contributed by atoms with van der Waals surface area (Å²) in [5, 5.41) is 60.3. The Kier molecular flexibility index (Phi) is 18.2. The van der Waals surface area contributed by atoms with E-state index in [9.17, 15) is 30.6 Å². The molecule has 0 radical (unpaired) electrons. The first-order valence-electron chi connectivity index (χ1n) is 3.91. The number of rotatable bonds is 0. The summed E-state index contributed by atoms with van der Waals surface area (Å²) >= 11 is 0. The van der Waals surface area contributed by atoms with Crippen LogP contribution in [0.5, 0.6) is 36.1 Å². The van der Waals surface area contributed by atoms with Gasteiger partial charge in [-0.25, -0.2) is 29.9 Å². The van der Waals surface area contributed by atoms with Gasteiger partial charge in [-0.2, -0.15) is 0 Å². The SMILES string of the molecule is [Ba+2].[Ba+2].[Ba+2].[O-]c1nc([O-])nc([O-])n1.[O-]c1nc([O-])nc([O-])n1. The van der Waals surface area contributed by atoms with Gasteiger partial charge in [-0.15, -0.1) is 0 Å². The maximum absolute atomic E-state index is 10.0. The summed E-state index contributed by atoms with van der Waals surface area (Å²) in [7, 11) is 0. The normalized spacial score (nSPS) is 8.00. The third kappa shape index (κ3) is 12.6. The monoisotopic (exact) mass is 666 g/mol. The van der Waals surface area contributed by atoms with E-state index in [1.54, 1.807) is 0 Å². The van der Waals surface area contributed by atoms with E-state index in [0.717, 1.165) is 0 Å². The molecule has 0 aromatic carbocycles. The Hall–Kier alpha value is 1.53. The van der Waals surface area contributed by atoms with Gasteiger partial charge < -0.3 is 30.6 Å². The quantitative estimate of drug-likeness (QED) is 0.240. The summed E-state index contributed by atoms with van der Waals surface area (Å²) in [6.45, 7) is 0. The molecule has 0 spiro atoms. The molecular weight excluding hydrogens is 664 g/mol. The molecule has 0 unspecified atom stereocenters. The number of hydrogen-bond donors (Lipinski definition) is 0. The molecule has 2 aromatic rings. The molecule has 0 fully saturated rings. The van der Waals surface area contributed by atoms with Gasteiger partial charge in [-0.3, -0.25) is 0 Å². The molecule has 0 aliphatic heterocycles. The fourth-order valence-corrected chi connectivity index (χ4v) is 0.641. The molecular formula is C6Ba3N6O6. The van der Waals surface area contributed by atoms with Gasteiger partial charge >= 0.3 is 147 Å². The summed E-state index contributed by atoms with van der Waals surface area (Å²) in [5.41, 5.74) is 0. The summed E-state index contributed by atoms with van der Waals surface area (Å²) in [6, 6.07) is -6.50. The minimum atomic E-state index is -1.08. The average molecular weight is 664 g/mol. The zero-order valence-corrected chi connectivity index (χ0v) is 23.6. The van der Waals surface area contributed by atoms with Crippen molar-refractivity contribution >= 4 is 147 Å². The number of hydrogen-bond acceptors (Lipinski definition) is 12. The second-order valence-corrected chi connectivity index (χ2v) is 2.37. The molecule has 2 heterocycles. The molecule has 0 amide bonds. The molecule has 96 valence electrons. The number of nitrogens with zero attached hydrogens (tertiary/aromatic N) is 6. The van der Waals surface area contributed by atoms with Crippen LogP contribution in [-0.2, 0) is 0 Å². The van der Waals surface area contributed by atoms with E-state index >= 15 is 0 Å². The third-order valence-electron chi connectivity index (χ3n) is 1.15. The zero-order chi connectivity index (χ0) is 13.7. The molecule has 0 saturated carbocycles. The smallest absolute Gasteiger partial charge is 0.844 e. The standard InChI is InChI=1S/2C3H3N3O3.3Ba/c2*7-1-4-2(8)6-3(9)5-1;;;/h2*(H3,4,5,6,7,8,9);;;/q;;3*+2/p-6. The maximum atomic E-state index is 10.0. The van der Waals surface area contributed by atoms with Crippen LogP contribution >= 0.6 is 0 Å². The fourth-order valence-electron chi connectivity index (χ4n) is 0.641. The zero-order valence-electron chi connectivity index (χ0n) is 10.3. The van der Waals surface area contributed by atoms with Crippen molar-refractivity contribution in [3.63, 3.8) is 0 Å². The third-order valence-corrected chi connectivity index (χ3v) is 1.15. The van der Waals surface area contributed by atoms with Crippen LogP contribution in [0, 0.1) is 0 Å². The molecule has 0 saturated heterocycles. The van der Waals surface area contributed by atoms with E-state index in [4.69, 9.17) is 0 Å². The Morgan fingerprint density at radius 2 is 0.429 bits per heavy atom. The van der Waals surface area contributed by atoms with Crippen molar-refractivity contribution in [2.45, 2.75) is 0 Å². The minimum Gasteiger partial charge on any atom is -0.844 e. The van der Waals surface area contributed by atoms with Gasteiger partial charge in [0, 0.05) is 0 Å². The van der Waals surface area contributed by atoms with Crippen LogP contribution in [0.2, 0.25) is 0 Å². The Balaban J connectivity index is -0.000000270. The fraction of sp³-hybridized carbons (Fsp3) is 0.